The second kappa shape index (κ2) is 8.40. The van der Waals surface area contributed by atoms with Crippen molar-refractivity contribution in [3.8, 4) is 0 Å². The van der Waals surface area contributed by atoms with Crippen LogP contribution in [0.5, 0.6) is 0 Å². The van der Waals surface area contributed by atoms with E-state index in [2.05, 4.69) is 27.1 Å². The van der Waals surface area contributed by atoms with Gasteiger partial charge in [0.2, 0.25) is 0 Å². The summed E-state index contributed by atoms with van der Waals surface area (Å²) in [5.41, 5.74) is 4.92. The molecule has 0 bridgehead atoms. The Balaban J connectivity index is 1.30. The summed E-state index contributed by atoms with van der Waals surface area (Å²) in [5.74, 6) is 0.562. The predicted molar refractivity (Wildman–Crippen MR) is 118 cm³/mol. The van der Waals surface area contributed by atoms with Crippen LogP contribution < -0.4 is 0 Å². The highest BCUT2D eigenvalue weighted by atomic mass is 16.4. The molecule has 2 N–H and O–H groups in total. The number of hydrogen-bond donors (Lipinski definition) is 2. The highest BCUT2D eigenvalue weighted by Crippen LogP contribution is 2.35. The molecule has 0 amide bonds. The van der Waals surface area contributed by atoms with E-state index in [1.54, 1.807) is 18.4 Å². The number of carboxylic acid groups (broad SMARTS) is 1. The number of aromatic amines is 1. The zero-order chi connectivity index (χ0) is 21.2. The molecule has 0 radical (unpaired) electrons. The number of aromatic carboxylic acids is 1. The summed E-state index contributed by atoms with van der Waals surface area (Å²) in [6.07, 6.45) is 8.60. The lowest BCUT2D eigenvalue weighted by atomic mass is 9.88. The van der Waals surface area contributed by atoms with E-state index < -0.39 is 5.97 Å². The number of carboxylic acids is 1. The maximum absolute atomic E-state index is 11.2. The van der Waals surface area contributed by atoms with Crippen LogP contribution >= 0.6 is 0 Å². The van der Waals surface area contributed by atoms with E-state index in [0.29, 0.717) is 11.5 Å². The first-order valence-corrected chi connectivity index (χ1v) is 10.7. The fraction of sp³-hybridized carbons (Fsp3) is 0.280. The maximum atomic E-state index is 11.2. The van der Waals surface area contributed by atoms with Gasteiger partial charge in [0.15, 0.2) is 0 Å². The van der Waals surface area contributed by atoms with E-state index in [1.165, 1.54) is 16.5 Å². The lowest BCUT2D eigenvalue weighted by molar-refractivity contribution is 0.0696. The lowest BCUT2D eigenvalue weighted by Gasteiger charge is -2.32. The number of aromatic nitrogens is 2. The molecule has 3 aromatic heterocycles. The van der Waals surface area contributed by atoms with E-state index in [0.717, 1.165) is 55.9 Å². The largest absolute Gasteiger partial charge is 0.478 e. The summed E-state index contributed by atoms with van der Waals surface area (Å²) >= 11 is 0. The highest BCUT2D eigenvalue weighted by molar-refractivity contribution is 5.87. The van der Waals surface area contributed by atoms with Gasteiger partial charge in [-0.1, -0.05) is 12.1 Å². The summed E-state index contributed by atoms with van der Waals surface area (Å²) in [5, 5.41) is 10.4. The van der Waals surface area contributed by atoms with Gasteiger partial charge in [-0.15, -0.1) is 0 Å². The standard InChI is InChI=1S/C25H25N3O3/c29-25(30)20-4-1-3-17(13-20)16-28-10-7-18(8-11-28)22-15-27-24-23(22)19(6-9-26-24)14-21-5-2-12-31-21/h1-6,9,12-13,15,18H,7-8,10-11,14,16H2,(H,26,27)(H,29,30). The predicted octanol–water partition coefficient (Wildman–Crippen LogP) is 4.82. The Morgan fingerprint density at radius 3 is 2.84 bits per heavy atom. The summed E-state index contributed by atoms with van der Waals surface area (Å²) in [6, 6.07) is 13.3. The van der Waals surface area contributed by atoms with Gasteiger partial charge in [-0.25, -0.2) is 9.78 Å². The van der Waals surface area contributed by atoms with Gasteiger partial charge in [0, 0.05) is 30.7 Å². The van der Waals surface area contributed by atoms with E-state index in [4.69, 9.17) is 4.42 Å². The number of nitrogens with zero attached hydrogens (tertiary/aromatic N) is 2. The monoisotopic (exact) mass is 415 g/mol. The van der Waals surface area contributed by atoms with Crippen LogP contribution in [0, 0.1) is 0 Å². The van der Waals surface area contributed by atoms with Crippen LogP contribution in [-0.2, 0) is 13.0 Å². The van der Waals surface area contributed by atoms with Crippen molar-refractivity contribution in [3.05, 3.63) is 89.1 Å². The first-order valence-electron chi connectivity index (χ1n) is 10.7. The molecule has 4 aromatic rings. The van der Waals surface area contributed by atoms with Crippen LogP contribution in [0.2, 0.25) is 0 Å². The molecule has 31 heavy (non-hydrogen) atoms. The molecule has 0 saturated carbocycles. The number of likely N-dealkylation sites (tertiary alicyclic amines) is 1. The SMILES string of the molecule is O=C(O)c1cccc(CN2CCC(c3c[nH]c4nccc(Cc5ccco5)c34)CC2)c1. The van der Waals surface area contributed by atoms with E-state index in [-0.39, 0.29) is 0 Å². The van der Waals surface area contributed by atoms with E-state index >= 15 is 0 Å². The molecule has 0 atom stereocenters. The van der Waals surface area contributed by atoms with Gasteiger partial charge in [-0.05, 0) is 78.9 Å². The van der Waals surface area contributed by atoms with Crippen molar-refractivity contribution in [3.63, 3.8) is 0 Å². The lowest BCUT2D eigenvalue weighted by Crippen LogP contribution is -2.32. The molecule has 1 aliphatic rings. The first kappa shape index (κ1) is 19.6. The van der Waals surface area contributed by atoms with Crippen LogP contribution in [0.3, 0.4) is 0 Å². The summed E-state index contributed by atoms with van der Waals surface area (Å²) in [7, 11) is 0. The first-order chi connectivity index (χ1) is 15.2. The number of nitrogens with one attached hydrogen (secondary N) is 1. The van der Waals surface area contributed by atoms with Crippen molar-refractivity contribution in [2.45, 2.75) is 31.7 Å². The molecule has 6 nitrogen and oxygen atoms in total. The molecule has 1 fully saturated rings. The van der Waals surface area contributed by atoms with Crippen LogP contribution in [0.1, 0.15) is 51.6 Å². The van der Waals surface area contributed by atoms with Gasteiger partial charge in [0.05, 0.1) is 11.8 Å². The van der Waals surface area contributed by atoms with Gasteiger partial charge >= 0.3 is 5.97 Å². The minimum atomic E-state index is -0.876. The Morgan fingerprint density at radius 2 is 2.06 bits per heavy atom. The maximum Gasteiger partial charge on any atom is 0.335 e. The van der Waals surface area contributed by atoms with Crippen LogP contribution in [0.15, 0.2) is 65.5 Å². The topological polar surface area (TPSA) is 82.4 Å². The summed E-state index contributed by atoms with van der Waals surface area (Å²) in [6.45, 7) is 2.76. The van der Waals surface area contributed by atoms with Crippen LogP contribution in [0.25, 0.3) is 11.0 Å². The minimum Gasteiger partial charge on any atom is -0.478 e. The Hall–Kier alpha value is -3.38. The van der Waals surface area contributed by atoms with E-state index in [1.807, 2.05) is 30.5 Å². The molecule has 158 valence electrons. The summed E-state index contributed by atoms with van der Waals surface area (Å²) in [4.78, 5) is 21.5. The summed E-state index contributed by atoms with van der Waals surface area (Å²) < 4.78 is 5.57. The average molecular weight is 415 g/mol. The Morgan fingerprint density at radius 1 is 1.19 bits per heavy atom. The van der Waals surface area contributed by atoms with E-state index in [9.17, 15) is 9.90 Å². The molecular formula is C25H25N3O3. The molecule has 4 heterocycles. The number of rotatable bonds is 6. The zero-order valence-corrected chi connectivity index (χ0v) is 17.3. The molecular weight excluding hydrogens is 390 g/mol. The second-order valence-corrected chi connectivity index (χ2v) is 8.25. The highest BCUT2D eigenvalue weighted by Gasteiger charge is 2.24. The molecule has 6 heteroatoms. The smallest absolute Gasteiger partial charge is 0.335 e. The number of piperidine rings is 1. The number of pyridine rings is 1. The molecule has 0 spiro atoms. The average Bonchev–Trinajstić information content (AvgIpc) is 3.45. The quantitative estimate of drug-likeness (QED) is 0.472. The van der Waals surface area contributed by atoms with Gasteiger partial charge in [-0.2, -0.15) is 0 Å². The molecule has 5 rings (SSSR count). The number of fused-ring (bicyclic) bond motifs is 1. The Bertz CT molecular complexity index is 1190. The van der Waals surface area contributed by atoms with Crippen molar-refractivity contribution >= 4 is 17.0 Å². The van der Waals surface area contributed by atoms with Gasteiger partial charge in [0.25, 0.3) is 0 Å². The fourth-order valence-corrected chi connectivity index (χ4v) is 4.68. The number of furan rings is 1. The number of benzene rings is 1. The van der Waals surface area contributed by atoms with Gasteiger partial charge < -0.3 is 14.5 Å². The van der Waals surface area contributed by atoms with Crippen molar-refractivity contribution in [2.24, 2.45) is 0 Å². The minimum absolute atomic E-state index is 0.350. The Kier molecular flexibility index (Phi) is 5.30. The Labute approximate surface area is 180 Å². The third kappa shape index (κ3) is 4.11. The number of carbonyl (C=O) groups is 1. The molecule has 0 aliphatic carbocycles. The second-order valence-electron chi connectivity index (χ2n) is 8.25. The van der Waals surface area contributed by atoms with Crippen LogP contribution in [0.4, 0.5) is 0 Å². The third-order valence-corrected chi connectivity index (χ3v) is 6.24. The zero-order valence-electron chi connectivity index (χ0n) is 17.3. The van der Waals surface area contributed by atoms with Gasteiger partial charge in [-0.3, -0.25) is 4.90 Å². The number of hydrogen-bond acceptors (Lipinski definition) is 4. The van der Waals surface area contributed by atoms with Crippen LogP contribution in [-0.4, -0.2) is 39.0 Å². The van der Waals surface area contributed by atoms with Crippen molar-refractivity contribution < 1.29 is 14.3 Å². The normalized spacial score (nSPS) is 15.5. The van der Waals surface area contributed by atoms with Crippen molar-refractivity contribution in [1.82, 2.24) is 14.9 Å². The molecule has 1 aliphatic heterocycles. The molecule has 0 unspecified atom stereocenters. The molecule has 1 saturated heterocycles. The third-order valence-electron chi connectivity index (χ3n) is 6.24. The van der Waals surface area contributed by atoms with Crippen molar-refractivity contribution in [2.75, 3.05) is 13.1 Å². The van der Waals surface area contributed by atoms with Crippen molar-refractivity contribution in [1.29, 1.82) is 0 Å². The number of H-pyrrole nitrogens is 1. The van der Waals surface area contributed by atoms with Gasteiger partial charge in [0.1, 0.15) is 11.4 Å². The fourth-order valence-electron chi connectivity index (χ4n) is 4.68. The molecule has 1 aromatic carbocycles.